The van der Waals surface area contributed by atoms with E-state index in [4.69, 9.17) is 9.72 Å². The number of hydrogen-bond donors (Lipinski definition) is 0. The Labute approximate surface area is 214 Å². The van der Waals surface area contributed by atoms with E-state index in [1.807, 2.05) is 42.5 Å². The third-order valence-corrected chi connectivity index (χ3v) is 8.16. The van der Waals surface area contributed by atoms with Crippen LogP contribution >= 0.6 is 0 Å². The summed E-state index contributed by atoms with van der Waals surface area (Å²) in [6, 6.07) is 24.5. The van der Waals surface area contributed by atoms with Gasteiger partial charge in [-0.2, -0.15) is 0 Å². The third-order valence-electron chi connectivity index (χ3n) is 8.16. The van der Waals surface area contributed by atoms with E-state index in [2.05, 4.69) is 73.2 Å². The van der Waals surface area contributed by atoms with Crippen molar-refractivity contribution >= 4 is 33.3 Å². The van der Waals surface area contributed by atoms with Crippen molar-refractivity contribution in [3.05, 3.63) is 118 Å². The summed E-state index contributed by atoms with van der Waals surface area (Å²) >= 11 is 0. The first-order valence-corrected chi connectivity index (χ1v) is 12.8. The number of aryl methyl sites for hydroxylation is 2. The molecule has 182 valence electrons. The van der Waals surface area contributed by atoms with Gasteiger partial charge in [-0.3, -0.25) is 0 Å². The van der Waals surface area contributed by atoms with E-state index in [1.165, 1.54) is 0 Å². The zero-order chi connectivity index (χ0) is 25.5. The third kappa shape index (κ3) is 2.69. The highest BCUT2D eigenvalue weighted by molar-refractivity contribution is 6.01. The lowest BCUT2D eigenvalue weighted by molar-refractivity contribution is 0.0229. The van der Waals surface area contributed by atoms with Gasteiger partial charge in [-0.25, -0.2) is 9.78 Å². The van der Waals surface area contributed by atoms with E-state index >= 15 is 0 Å². The number of hydrogen-bond acceptors (Lipinski definition) is 3. The molecule has 0 fully saturated rings. The zero-order valence-electron chi connectivity index (χ0n) is 21.4. The number of esters is 1. The van der Waals surface area contributed by atoms with E-state index in [1.54, 1.807) is 0 Å². The van der Waals surface area contributed by atoms with E-state index < -0.39 is 5.60 Å². The average molecular weight is 486 g/mol. The minimum Gasteiger partial charge on any atom is -0.437 e. The molecule has 1 aliphatic rings. The first kappa shape index (κ1) is 21.9. The largest absolute Gasteiger partial charge is 0.437 e. The monoisotopic (exact) mass is 485 g/mol. The molecule has 1 aliphatic heterocycles. The number of fused-ring (bicyclic) bond motifs is 4. The Morgan fingerprint density at radius 1 is 0.892 bits per heavy atom. The summed E-state index contributed by atoms with van der Waals surface area (Å²) in [5.41, 5.74) is 8.27. The lowest BCUT2D eigenvalue weighted by Gasteiger charge is -2.30. The molecule has 1 atom stereocenters. The van der Waals surface area contributed by atoms with E-state index in [0.29, 0.717) is 11.3 Å². The van der Waals surface area contributed by atoms with Crippen LogP contribution in [0.3, 0.4) is 0 Å². The number of carbonyl (C=O) groups is 1. The minimum absolute atomic E-state index is 0.344. The number of para-hydroxylation sites is 2. The Bertz CT molecular complexity index is 1910. The summed E-state index contributed by atoms with van der Waals surface area (Å²) in [6.07, 6.45) is 2.06. The zero-order valence-corrected chi connectivity index (χ0v) is 21.4. The fraction of sp³-hybridized carbons (Fsp3) is 0.188. The number of cyclic esters (lactones) is 1. The van der Waals surface area contributed by atoms with Gasteiger partial charge >= 0.3 is 5.97 Å². The van der Waals surface area contributed by atoms with Crippen LogP contribution in [-0.2, 0) is 16.9 Å². The standard InChI is InChI=1S/C32H27N3O2/c1-5-34-21(4)28(23-13-7-9-16-27(23)34)32(30-20(3)19(2)26-15-10-11-17-35(26)30)29-24(31(36)37-32)18-22-12-6-8-14-25(22)33-29/h6-18H,5H2,1-4H3. The molecule has 37 heavy (non-hydrogen) atoms. The normalized spacial score (nSPS) is 17.1. The lowest BCUT2D eigenvalue weighted by Crippen LogP contribution is -2.33. The Morgan fingerprint density at radius 2 is 1.62 bits per heavy atom. The van der Waals surface area contributed by atoms with Crippen molar-refractivity contribution in [3.63, 3.8) is 0 Å². The first-order valence-electron chi connectivity index (χ1n) is 12.8. The molecule has 6 aromatic rings. The molecular weight excluding hydrogens is 458 g/mol. The number of nitrogens with zero attached hydrogens (tertiary/aromatic N) is 3. The fourth-order valence-corrected chi connectivity index (χ4v) is 6.44. The van der Waals surface area contributed by atoms with Gasteiger partial charge in [-0.1, -0.05) is 42.5 Å². The molecule has 7 rings (SSSR count). The maximum absolute atomic E-state index is 13.8. The van der Waals surface area contributed by atoms with Gasteiger partial charge in [0.05, 0.1) is 16.8 Å². The molecule has 0 radical (unpaired) electrons. The van der Waals surface area contributed by atoms with Crippen molar-refractivity contribution in [1.82, 2.24) is 14.0 Å². The Balaban J connectivity index is 1.73. The molecule has 5 nitrogen and oxygen atoms in total. The Hall–Kier alpha value is -4.38. The van der Waals surface area contributed by atoms with Gasteiger partial charge < -0.3 is 13.7 Å². The van der Waals surface area contributed by atoms with Gasteiger partial charge in [0.1, 0.15) is 5.69 Å². The van der Waals surface area contributed by atoms with Crippen LogP contribution in [0.4, 0.5) is 0 Å². The van der Waals surface area contributed by atoms with Crippen LogP contribution in [0.1, 0.15) is 51.1 Å². The van der Waals surface area contributed by atoms with Crippen molar-refractivity contribution < 1.29 is 9.53 Å². The molecule has 5 heteroatoms. The van der Waals surface area contributed by atoms with Crippen LogP contribution in [0.25, 0.3) is 27.3 Å². The van der Waals surface area contributed by atoms with Gasteiger partial charge in [0.2, 0.25) is 5.60 Å². The molecular formula is C32H27N3O2. The SMILES string of the molecule is CCn1c(C)c(C2(c3c(C)c(C)c4ccccn34)OC(=O)c3cc4ccccc4nc32)c2ccccc21. The van der Waals surface area contributed by atoms with Gasteiger partial charge in [-0.05, 0) is 69.2 Å². The summed E-state index contributed by atoms with van der Waals surface area (Å²) in [7, 11) is 0. The summed E-state index contributed by atoms with van der Waals surface area (Å²) < 4.78 is 11.2. The molecule has 0 N–H and O–H groups in total. The topological polar surface area (TPSA) is 48.5 Å². The molecule has 0 saturated carbocycles. The van der Waals surface area contributed by atoms with E-state index in [-0.39, 0.29) is 5.97 Å². The molecule has 5 heterocycles. The number of ether oxygens (including phenoxy) is 1. The van der Waals surface area contributed by atoms with Crippen LogP contribution in [0.15, 0.2) is 79.0 Å². The van der Waals surface area contributed by atoms with Crippen LogP contribution in [0, 0.1) is 20.8 Å². The Morgan fingerprint density at radius 3 is 2.46 bits per heavy atom. The van der Waals surface area contributed by atoms with Crippen LogP contribution < -0.4 is 0 Å². The molecule has 0 amide bonds. The van der Waals surface area contributed by atoms with Gasteiger partial charge in [0.15, 0.2) is 0 Å². The van der Waals surface area contributed by atoms with Gasteiger partial charge in [0, 0.05) is 45.8 Å². The molecule has 1 unspecified atom stereocenters. The number of pyridine rings is 2. The molecule has 4 aromatic heterocycles. The number of carbonyl (C=O) groups excluding carboxylic acids is 1. The van der Waals surface area contributed by atoms with Crippen molar-refractivity contribution in [1.29, 1.82) is 0 Å². The lowest BCUT2D eigenvalue weighted by atomic mass is 9.82. The van der Waals surface area contributed by atoms with Crippen LogP contribution in [0.5, 0.6) is 0 Å². The summed E-state index contributed by atoms with van der Waals surface area (Å²) in [5, 5.41) is 2.00. The highest BCUT2D eigenvalue weighted by Crippen LogP contribution is 2.52. The predicted octanol–water partition coefficient (Wildman–Crippen LogP) is 6.85. The average Bonchev–Trinajstić information content (AvgIpc) is 3.47. The Kier molecular flexibility index (Phi) is 4.47. The predicted molar refractivity (Wildman–Crippen MR) is 146 cm³/mol. The first-order chi connectivity index (χ1) is 18.0. The van der Waals surface area contributed by atoms with Gasteiger partial charge in [-0.15, -0.1) is 0 Å². The van der Waals surface area contributed by atoms with Gasteiger partial charge in [0.25, 0.3) is 0 Å². The van der Waals surface area contributed by atoms with Crippen molar-refractivity contribution in [2.75, 3.05) is 0 Å². The van der Waals surface area contributed by atoms with Crippen molar-refractivity contribution in [3.8, 4) is 0 Å². The number of benzene rings is 2. The summed E-state index contributed by atoms with van der Waals surface area (Å²) in [5.74, 6) is -0.344. The molecule has 0 spiro atoms. The maximum Gasteiger partial charge on any atom is 0.341 e. The fourth-order valence-electron chi connectivity index (χ4n) is 6.44. The maximum atomic E-state index is 13.8. The quantitative estimate of drug-likeness (QED) is 0.258. The molecule has 0 saturated heterocycles. The van der Waals surface area contributed by atoms with E-state index in [0.717, 1.165) is 61.9 Å². The molecule has 0 bridgehead atoms. The molecule has 0 aliphatic carbocycles. The highest BCUT2D eigenvalue weighted by atomic mass is 16.6. The van der Waals surface area contributed by atoms with Crippen molar-refractivity contribution in [2.45, 2.75) is 39.8 Å². The summed E-state index contributed by atoms with van der Waals surface area (Å²) in [6.45, 7) is 9.35. The van der Waals surface area contributed by atoms with E-state index in [9.17, 15) is 4.79 Å². The second-order valence-electron chi connectivity index (χ2n) is 9.92. The van der Waals surface area contributed by atoms with Crippen LogP contribution in [0.2, 0.25) is 0 Å². The second-order valence-corrected chi connectivity index (χ2v) is 9.92. The van der Waals surface area contributed by atoms with Crippen LogP contribution in [-0.4, -0.2) is 19.9 Å². The smallest absolute Gasteiger partial charge is 0.341 e. The highest BCUT2D eigenvalue weighted by Gasteiger charge is 2.55. The second kappa shape index (κ2) is 7.56. The minimum atomic E-state index is -1.21. The molecule has 2 aromatic carbocycles. The van der Waals surface area contributed by atoms with Crippen molar-refractivity contribution in [2.24, 2.45) is 0 Å². The number of aromatic nitrogens is 3. The number of rotatable bonds is 3. The summed E-state index contributed by atoms with van der Waals surface area (Å²) in [4.78, 5) is 19.0.